The summed E-state index contributed by atoms with van der Waals surface area (Å²) in [5, 5.41) is 0. The van der Waals surface area contributed by atoms with Crippen LogP contribution in [-0.2, 0) is 23.1 Å². The summed E-state index contributed by atoms with van der Waals surface area (Å²) in [4.78, 5) is 0.350. The molecule has 5 nitrogen and oxygen atoms in total. The fraction of sp³-hybridized carbons (Fsp3) is 0.538. The standard InChI is InChI=1S/C13H22O5SSi/c1-12-6-8-13(9-7-12)19(14,15)10-5-11-20(16-2,17-3)18-4/h6-9H,5,10-11H2,1-4H3. The lowest BCUT2D eigenvalue weighted by Crippen LogP contribution is -2.42. The van der Waals surface area contributed by atoms with E-state index in [0.29, 0.717) is 17.4 Å². The van der Waals surface area contributed by atoms with Gasteiger partial charge >= 0.3 is 8.80 Å². The van der Waals surface area contributed by atoms with Crippen molar-refractivity contribution in [2.75, 3.05) is 27.1 Å². The third kappa shape index (κ3) is 4.39. The van der Waals surface area contributed by atoms with E-state index in [1.165, 1.54) is 21.3 Å². The fourth-order valence-corrected chi connectivity index (χ4v) is 5.19. The third-order valence-electron chi connectivity index (χ3n) is 3.21. The van der Waals surface area contributed by atoms with Crippen molar-refractivity contribution in [2.45, 2.75) is 24.3 Å². The zero-order chi connectivity index (χ0) is 15.2. The highest BCUT2D eigenvalue weighted by molar-refractivity contribution is 7.91. The SMILES string of the molecule is CO[Si](CCCS(=O)(=O)c1ccc(C)cc1)(OC)OC. The van der Waals surface area contributed by atoms with Gasteiger partial charge < -0.3 is 13.3 Å². The molecule has 0 radical (unpaired) electrons. The van der Waals surface area contributed by atoms with Crippen molar-refractivity contribution in [2.24, 2.45) is 0 Å². The Morgan fingerprint density at radius 2 is 1.50 bits per heavy atom. The molecule has 20 heavy (non-hydrogen) atoms. The number of benzene rings is 1. The van der Waals surface area contributed by atoms with Crippen LogP contribution in [-0.4, -0.2) is 44.3 Å². The Bertz CT molecular complexity index is 500. The molecule has 1 aromatic rings. The Morgan fingerprint density at radius 1 is 1.00 bits per heavy atom. The molecule has 0 N–H and O–H groups in total. The lowest BCUT2D eigenvalue weighted by molar-refractivity contribution is 0.123. The number of aryl methyl sites for hydroxylation is 1. The lowest BCUT2D eigenvalue weighted by Gasteiger charge is -2.24. The molecule has 0 aliphatic carbocycles. The first-order valence-electron chi connectivity index (χ1n) is 6.34. The van der Waals surface area contributed by atoms with Crippen molar-refractivity contribution in [1.82, 2.24) is 0 Å². The molecule has 0 aliphatic rings. The summed E-state index contributed by atoms with van der Waals surface area (Å²) < 4.78 is 40.2. The zero-order valence-electron chi connectivity index (χ0n) is 12.4. The molecule has 0 saturated heterocycles. The van der Waals surface area contributed by atoms with Crippen molar-refractivity contribution < 1.29 is 21.7 Å². The van der Waals surface area contributed by atoms with Gasteiger partial charge in [-0.25, -0.2) is 8.42 Å². The third-order valence-corrected chi connectivity index (χ3v) is 7.86. The van der Waals surface area contributed by atoms with E-state index in [1.807, 2.05) is 6.92 Å². The quantitative estimate of drug-likeness (QED) is 0.686. The highest BCUT2D eigenvalue weighted by atomic mass is 32.2. The minimum Gasteiger partial charge on any atom is -0.377 e. The molecule has 0 aromatic heterocycles. The highest BCUT2D eigenvalue weighted by Gasteiger charge is 2.37. The predicted octanol–water partition coefficient (Wildman–Crippen LogP) is 2.04. The summed E-state index contributed by atoms with van der Waals surface area (Å²) >= 11 is 0. The second kappa shape index (κ2) is 7.33. The van der Waals surface area contributed by atoms with E-state index in [-0.39, 0.29) is 5.75 Å². The average Bonchev–Trinajstić information content (AvgIpc) is 2.44. The first-order chi connectivity index (χ1) is 9.39. The van der Waals surface area contributed by atoms with E-state index in [0.717, 1.165) is 5.56 Å². The second-order valence-corrected chi connectivity index (χ2v) is 9.73. The van der Waals surface area contributed by atoms with Crippen LogP contribution in [0.15, 0.2) is 29.2 Å². The first-order valence-corrected chi connectivity index (χ1v) is 9.92. The van der Waals surface area contributed by atoms with Crippen LogP contribution in [0.4, 0.5) is 0 Å². The van der Waals surface area contributed by atoms with E-state index < -0.39 is 18.6 Å². The summed E-state index contributed by atoms with van der Waals surface area (Å²) in [6.07, 6.45) is 0.442. The number of sulfone groups is 1. The van der Waals surface area contributed by atoms with Gasteiger partial charge in [0.1, 0.15) is 0 Å². The van der Waals surface area contributed by atoms with E-state index in [4.69, 9.17) is 13.3 Å². The molecular weight excluding hydrogens is 296 g/mol. The Kier molecular flexibility index (Phi) is 6.34. The molecular formula is C13H22O5SSi. The molecule has 0 atom stereocenters. The zero-order valence-corrected chi connectivity index (χ0v) is 14.2. The van der Waals surface area contributed by atoms with Gasteiger partial charge in [0.25, 0.3) is 0 Å². The summed E-state index contributed by atoms with van der Waals surface area (Å²) in [6, 6.07) is 7.34. The van der Waals surface area contributed by atoms with Gasteiger partial charge in [-0.2, -0.15) is 0 Å². The van der Waals surface area contributed by atoms with Crippen LogP contribution in [0.1, 0.15) is 12.0 Å². The molecule has 1 aromatic carbocycles. The van der Waals surface area contributed by atoms with Crippen LogP contribution in [0.3, 0.4) is 0 Å². The van der Waals surface area contributed by atoms with Crippen molar-refractivity contribution in [3.05, 3.63) is 29.8 Å². The molecule has 0 amide bonds. The monoisotopic (exact) mass is 318 g/mol. The predicted molar refractivity (Wildman–Crippen MR) is 79.4 cm³/mol. The number of rotatable bonds is 8. The molecule has 0 heterocycles. The van der Waals surface area contributed by atoms with Crippen molar-refractivity contribution in [3.8, 4) is 0 Å². The second-order valence-electron chi connectivity index (χ2n) is 4.53. The van der Waals surface area contributed by atoms with Gasteiger partial charge in [-0.15, -0.1) is 0 Å². The topological polar surface area (TPSA) is 61.8 Å². The van der Waals surface area contributed by atoms with E-state index in [1.54, 1.807) is 24.3 Å². The molecule has 0 aliphatic heterocycles. The van der Waals surface area contributed by atoms with Gasteiger partial charge in [0.2, 0.25) is 0 Å². The molecule has 0 bridgehead atoms. The number of hydrogen-bond acceptors (Lipinski definition) is 5. The van der Waals surface area contributed by atoms with E-state index in [2.05, 4.69) is 0 Å². The maximum atomic E-state index is 12.2. The van der Waals surface area contributed by atoms with E-state index >= 15 is 0 Å². The average molecular weight is 318 g/mol. The maximum absolute atomic E-state index is 12.2. The minimum atomic E-state index is -3.27. The van der Waals surface area contributed by atoms with Crippen LogP contribution < -0.4 is 0 Å². The van der Waals surface area contributed by atoms with Crippen molar-refractivity contribution in [3.63, 3.8) is 0 Å². The van der Waals surface area contributed by atoms with Crippen molar-refractivity contribution >= 4 is 18.6 Å². The maximum Gasteiger partial charge on any atom is 0.500 e. The smallest absolute Gasteiger partial charge is 0.377 e. The molecule has 0 fully saturated rings. The van der Waals surface area contributed by atoms with Gasteiger partial charge in [0.05, 0.1) is 10.6 Å². The van der Waals surface area contributed by atoms with Crippen LogP contribution in [0.2, 0.25) is 6.04 Å². The molecule has 0 unspecified atom stereocenters. The minimum absolute atomic E-state index is 0.0564. The number of hydrogen-bond donors (Lipinski definition) is 0. The molecule has 114 valence electrons. The Labute approximate surface area is 122 Å². The van der Waals surface area contributed by atoms with Crippen LogP contribution in [0.5, 0.6) is 0 Å². The molecule has 0 spiro atoms. The molecule has 1 rings (SSSR count). The molecule has 0 saturated carbocycles. The Balaban J connectivity index is 2.67. The van der Waals surface area contributed by atoms with Crippen LogP contribution in [0, 0.1) is 6.92 Å². The molecule has 7 heteroatoms. The van der Waals surface area contributed by atoms with Gasteiger partial charge in [-0.05, 0) is 25.5 Å². The summed E-state index contributed by atoms with van der Waals surface area (Å²) in [7, 11) is -1.40. The van der Waals surface area contributed by atoms with Gasteiger partial charge in [-0.3, -0.25) is 0 Å². The van der Waals surface area contributed by atoms with Crippen molar-refractivity contribution in [1.29, 1.82) is 0 Å². The van der Waals surface area contributed by atoms with Crippen LogP contribution >= 0.6 is 0 Å². The van der Waals surface area contributed by atoms with Gasteiger partial charge in [0, 0.05) is 27.4 Å². The van der Waals surface area contributed by atoms with Gasteiger partial charge in [0.15, 0.2) is 9.84 Å². The van der Waals surface area contributed by atoms with Gasteiger partial charge in [-0.1, -0.05) is 17.7 Å². The van der Waals surface area contributed by atoms with Crippen LogP contribution in [0.25, 0.3) is 0 Å². The Morgan fingerprint density at radius 3 is 1.95 bits per heavy atom. The lowest BCUT2D eigenvalue weighted by atomic mass is 10.2. The summed E-state index contributed by atoms with van der Waals surface area (Å²) in [6.45, 7) is 1.92. The fourth-order valence-electron chi connectivity index (χ4n) is 1.90. The highest BCUT2D eigenvalue weighted by Crippen LogP contribution is 2.18. The first kappa shape index (κ1) is 17.3. The van der Waals surface area contributed by atoms with E-state index in [9.17, 15) is 8.42 Å². The summed E-state index contributed by atoms with van der Waals surface area (Å²) in [5.41, 5.74) is 1.04. The largest absolute Gasteiger partial charge is 0.500 e. The summed E-state index contributed by atoms with van der Waals surface area (Å²) in [5.74, 6) is 0.0564. The normalized spacial score (nSPS) is 12.6. The Hall–Kier alpha value is -0.733.